The highest BCUT2D eigenvalue weighted by Gasteiger charge is 2.26. The Kier molecular flexibility index (Phi) is 4.47. The number of benzene rings is 2. The van der Waals surface area contributed by atoms with Crippen molar-refractivity contribution in [2.45, 2.75) is 33.3 Å². The van der Waals surface area contributed by atoms with Crippen LogP contribution in [0.2, 0.25) is 0 Å². The quantitative estimate of drug-likeness (QED) is 0.853. The van der Waals surface area contributed by atoms with Crippen LogP contribution in [0.4, 0.5) is 5.69 Å². The van der Waals surface area contributed by atoms with Gasteiger partial charge in [0.2, 0.25) is 0 Å². The van der Waals surface area contributed by atoms with Gasteiger partial charge in [0.1, 0.15) is 11.5 Å². The molecule has 0 atom stereocenters. The van der Waals surface area contributed by atoms with Gasteiger partial charge in [0, 0.05) is 17.8 Å². The van der Waals surface area contributed by atoms with E-state index in [1.807, 2.05) is 62.1 Å². The topological polar surface area (TPSA) is 38.8 Å². The van der Waals surface area contributed by atoms with Crippen molar-refractivity contribution in [3.05, 3.63) is 53.1 Å². The lowest BCUT2D eigenvalue weighted by Crippen LogP contribution is -2.37. The summed E-state index contributed by atoms with van der Waals surface area (Å²) in [7, 11) is 1.64. The lowest BCUT2D eigenvalue weighted by atomic mass is 9.98. The minimum atomic E-state index is 0.0378. The molecule has 0 spiro atoms. The van der Waals surface area contributed by atoms with Gasteiger partial charge in [-0.3, -0.25) is 4.79 Å². The molecule has 0 unspecified atom stereocenters. The lowest BCUT2D eigenvalue weighted by Gasteiger charge is -2.29. The van der Waals surface area contributed by atoms with Gasteiger partial charge >= 0.3 is 0 Å². The van der Waals surface area contributed by atoms with Gasteiger partial charge in [-0.05, 0) is 74.7 Å². The maximum atomic E-state index is 12.8. The molecule has 4 nitrogen and oxygen atoms in total. The van der Waals surface area contributed by atoms with Gasteiger partial charge in [-0.2, -0.15) is 0 Å². The molecule has 1 heterocycles. The van der Waals surface area contributed by atoms with Crippen molar-refractivity contribution in [1.29, 1.82) is 0 Å². The third kappa shape index (κ3) is 3.09. The molecule has 24 heavy (non-hydrogen) atoms. The molecule has 0 aromatic heterocycles. The molecule has 3 rings (SSSR count). The minimum absolute atomic E-state index is 0.0378. The highest BCUT2D eigenvalue weighted by Crippen LogP contribution is 2.30. The number of anilines is 1. The maximum absolute atomic E-state index is 12.8. The van der Waals surface area contributed by atoms with Gasteiger partial charge < -0.3 is 14.4 Å². The molecule has 0 bridgehead atoms. The van der Waals surface area contributed by atoms with Crippen molar-refractivity contribution in [3.63, 3.8) is 0 Å². The Bertz CT molecular complexity index is 767. The molecule has 0 saturated heterocycles. The van der Waals surface area contributed by atoms with E-state index in [9.17, 15) is 4.79 Å². The van der Waals surface area contributed by atoms with Crippen LogP contribution in [0.15, 0.2) is 36.4 Å². The van der Waals surface area contributed by atoms with Crippen LogP contribution in [0.3, 0.4) is 0 Å². The molecule has 126 valence electrons. The molecule has 0 aliphatic carbocycles. The van der Waals surface area contributed by atoms with Gasteiger partial charge in [0.25, 0.3) is 5.91 Å². The molecule has 2 aromatic carbocycles. The highest BCUT2D eigenvalue weighted by molar-refractivity contribution is 6.08. The number of carbonyl (C=O) groups excluding carboxylic acids is 1. The summed E-state index contributed by atoms with van der Waals surface area (Å²) in [5.74, 6) is 1.69. The molecule has 0 saturated carbocycles. The van der Waals surface area contributed by atoms with Crippen LogP contribution in [-0.2, 0) is 6.42 Å². The maximum Gasteiger partial charge on any atom is 0.258 e. The van der Waals surface area contributed by atoms with E-state index in [1.165, 1.54) is 0 Å². The van der Waals surface area contributed by atoms with Crippen LogP contribution in [0, 0.1) is 6.92 Å². The van der Waals surface area contributed by atoms with Crippen LogP contribution in [0.1, 0.15) is 35.3 Å². The molecule has 1 aliphatic heterocycles. The molecule has 1 amide bonds. The summed E-state index contributed by atoms with van der Waals surface area (Å²) in [6, 6.07) is 11.6. The molecule has 2 aromatic rings. The van der Waals surface area contributed by atoms with E-state index >= 15 is 0 Å². The average molecular weight is 325 g/mol. The first-order chi connectivity index (χ1) is 11.5. The molecule has 1 aliphatic rings. The number of carbonyl (C=O) groups is 1. The van der Waals surface area contributed by atoms with Crippen molar-refractivity contribution in [3.8, 4) is 11.5 Å². The Labute approximate surface area is 143 Å². The second-order valence-electron chi connectivity index (χ2n) is 6.35. The number of amides is 1. The first kappa shape index (κ1) is 16.4. The first-order valence-corrected chi connectivity index (χ1v) is 8.25. The first-order valence-electron chi connectivity index (χ1n) is 8.25. The summed E-state index contributed by atoms with van der Waals surface area (Å²) in [6.45, 7) is 6.69. The fourth-order valence-corrected chi connectivity index (χ4v) is 3.03. The second-order valence-corrected chi connectivity index (χ2v) is 6.35. The second kappa shape index (κ2) is 6.56. The number of nitrogens with zero attached hydrogens (tertiary/aromatic N) is 1. The summed E-state index contributed by atoms with van der Waals surface area (Å²) >= 11 is 0. The van der Waals surface area contributed by atoms with Crippen LogP contribution in [-0.4, -0.2) is 25.7 Å². The Morgan fingerprint density at radius 3 is 2.58 bits per heavy atom. The smallest absolute Gasteiger partial charge is 0.258 e. The normalized spacial score (nSPS) is 13.9. The zero-order valence-corrected chi connectivity index (χ0v) is 14.6. The molecule has 4 heteroatoms. The van der Waals surface area contributed by atoms with Crippen molar-refractivity contribution in [2.24, 2.45) is 0 Å². The van der Waals surface area contributed by atoms with E-state index < -0.39 is 0 Å². The van der Waals surface area contributed by atoms with Crippen LogP contribution in [0.25, 0.3) is 0 Å². The summed E-state index contributed by atoms with van der Waals surface area (Å²) in [6.07, 6.45) is 0.953. The van der Waals surface area contributed by atoms with E-state index in [-0.39, 0.29) is 12.0 Å². The molecule has 0 fully saturated rings. The Morgan fingerprint density at radius 2 is 1.92 bits per heavy atom. The van der Waals surface area contributed by atoms with Crippen LogP contribution < -0.4 is 14.4 Å². The van der Waals surface area contributed by atoms with Crippen LogP contribution >= 0.6 is 0 Å². The number of rotatable bonds is 4. The van der Waals surface area contributed by atoms with Gasteiger partial charge in [-0.1, -0.05) is 0 Å². The van der Waals surface area contributed by atoms with E-state index in [1.54, 1.807) is 7.11 Å². The number of hydrogen-bond acceptors (Lipinski definition) is 3. The van der Waals surface area contributed by atoms with E-state index in [4.69, 9.17) is 9.47 Å². The Morgan fingerprint density at radius 1 is 1.12 bits per heavy atom. The number of methoxy groups -OCH3 is 1. The predicted molar refractivity (Wildman–Crippen MR) is 95.3 cm³/mol. The largest absolute Gasteiger partial charge is 0.497 e. The minimum Gasteiger partial charge on any atom is -0.497 e. The zero-order valence-electron chi connectivity index (χ0n) is 14.6. The van der Waals surface area contributed by atoms with E-state index in [2.05, 4.69) is 0 Å². The zero-order chi connectivity index (χ0) is 17.3. The number of fused-ring (bicyclic) bond motifs is 1. The summed E-state index contributed by atoms with van der Waals surface area (Å²) in [5.41, 5.74) is 3.75. The Hall–Kier alpha value is -2.49. The van der Waals surface area contributed by atoms with Crippen molar-refractivity contribution < 1.29 is 14.3 Å². The van der Waals surface area contributed by atoms with Gasteiger partial charge in [-0.15, -0.1) is 0 Å². The number of hydrogen-bond donors (Lipinski definition) is 0. The van der Waals surface area contributed by atoms with Gasteiger partial charge in [-0.25, -0.2) is 0 Å². The highest BCUT2D eigenvalue weighted by atomic mass is 16.5. The van der Waals surface area contributed by atoms with Gasteiger partial charge in [0.05, 0.1) is 13.2 Å². The summed E-state index contributed by atoms with van der Waals surface area (Å²) in [5, 5.41) is 0. The van der Waals surface area contributed by atoms with Crippen molar-refractivity contribution in [2.75, 3.05) is 18.6 Å². The third-order valence-corrected chi connectivity index (χ3v) is 4.23. The lowest BCUT2D eigenvalue weighted by molar-refractivity contribution is 0.0980. The fourth-order valence-electron chi connectivity index (χ4n) is 3.03. The predicted octanol–water partition coefficient (Wildman–Crippen LogP) is 3.99. The van der Waals surface area contributed by atoms with Crippen molar-refractivity contribution in [1.82, 2.24) is 0 Å². The molecule has 0 radical (unpaired) electrons. The average Bonchev–Trinajstić information content (AvgIpc) is 2.56. The van der Waals surface area contributed by atoms with Gasteiger partial charge in [0.15, 0.2) is 0 Å². The fraction of sp³-hybridized carbons (Fsp3) is 0.350. The summed E-state index contributed by atoms with van der Waals surface area (Å²) < 4.78 is 11.0. The molecule has 0 N–H and O–H groups in total. The number of aryl methyl sites for hydroxylation is 1. The van der Waals surface area contributed by atoms with Crippen LogP contribution in [0.5, 0.6) is 11.5 Å². The van der Waals surface area contributed by atoms with E-state index in [0.29, 0.717) is 6.54 Å². The SMILES string of the molecule is COc1ccc2c(c1)CCN(c1ccc(OC(C)C)c(C)c1)C2=O. The monoisotopic (exact) mass is 325 g/mol. The standard InChI is InChI=1S/C20H23NO3/c1-13(2)24-19-8-5-16(11-14(19)3)21-10-9-15-12-17(23-4)6-7-18(15)20(21)22/h5-8,11-13H,9-10H2,1-4H3. The summed E-state index contributed by atoms with van der Waals surface area (Å²) in [4.78, 5) is 14.7. The van der Waals surface area contributed by atoms with Crippen molar-refractivity contribution >= 4 is 11.6 Å². The Balaban J connectivity index is 1.88. The number of ether oxygens (including phenoxy) is 2. The van der Waals surface area contributed by atoms with E-state index in [0.717, 1.165) is 40.3 Å². The molecular formula is C20H23NO3. The molecular weight excluding hydrogens is 302 g/mol. The third-order valence-electron chi connectivity index (χ3n) is 4.23.